The number of aromatic nitrogens is 2. The zero-order chi connectivity index (χ0) is 20.6. The highest BCUT2D eigenvalue weighted by Gasteiger charge is 2.36. The fraction of sp³-hybridized carbons (Fsp3) is 0.286. The van der Waals surface area contributed by atoms with Gasteiger partial charge in [-0.1, -0.05) is 48.5 Å². The molecule has 0 radical (unpaired) electrons. The molecular weight excluding hydrogens is 390 g/mol. The van der Waals surface area contributed by atoms with Gasteiger partial charge in [0, 0.05) is 25.0 Å². The van der Waals surface area contributed by atoms with Gasteiger partial charge in [-0.3, -0.25) is 9.59 Å². The molecule has 1 saturated heterocycles. The van der Waals surface area contributed by atoms with Crippen molar-refractivity contribution in [2.24, 2.45) is 7.05 Å². The van der Waals surface area contributed by atoms with Crippen molar-refractivity contribution in [3.63, 3.8) is 0 Å². The summed E-state index contributed by atoms with van der Waals surface area (Å²) < 4.78 is 25.3. The van der Waals surface area contributed by atoms with E-state index >= 15 is 0 Å². The number of nitrogens with zero attached hydrogens (tertiary/aromatic N) is 3. The molecule has 150 valence electrons. The largest absolute Gasteiger partial charge is 0.329 e. The second kappa shape index (κ2) is 7.44. The first-order valence-electron chi connectivity index (χ1n) is 9.37. The normalized spacial score (nSPS) is 18.0. The molecule has 1 aliphatic heterocycles. The van der Waals surface area contributed by atoms with Gasteiger partial charge in [0.25, 0.3) is 11.5 Å². The predicted octanol–water partition coefficient (Wildman–Crippen LogP) is 1.76. The van der Waals surface area contributed by atoms with Crippen molar-refractivity contribution in [1.29, 1.82) is 0 Å². The molecule has 29 heavy (non-hydrogen) atoms. The van der Waals surface area contributed by atoms with Gasteiger partial charge < -0.3 is 4.90 Å². The van der Waals surface area contributed by atoms with E-state index in [1.807, 2.05) is 30.3 Å². The van der Waals surface area contributed by atoms with Crippen LogP contribution in [0.25, 0.3) is 10.8 Å². The number of benzene rings is 2. The summed E-state index contributed by atoms with van der Waals surface area (Å²) in [6.45, 7) is 0.276. The molecular formula is C21H21N3O4S. The van der Waals surface area contributed by atoms with Crippen molar-refractivity contribution in [3.8, 4) is 0 Å². The molecule has 1 atom stereocenters. The average molecular weight is 411 g/mol. The Morgan fingerprint density at radius 2 is 1.76 bits per heavy atom. The number of hydrogen-bond donors (Lipinski definition) is 0. The van der Waals surface area contributed by atoms with E-state index in [0.717, 1.165) is 10.2 Å². The molecule has 0 saturated carbocycles. The van der Waals surface area contributed by atoms with Crippen molar-refractivity contribution < 1.29 is 13.2 Å². The maximum atomic E-state index is 13.6. The lowest BCUT2D eigenvalue weighted by Crippen LogP contribution is -2.41. The molecule has 3 aromatic rings. The van der Waals surface area contributed by atoms with Gasteiger partial charge in [0.15, 0.2) is 15.5 Å². The van der Waals surface area contributed by atoms with Crippen LogP contribution in [-0.4, -0.2) is 46.6 Å². The van der Waals surface area contributed by atoms with Crippen LogP contribution in [0.1, 0.15) is 22.5 Å². The Kier molecular flexibility index (Phi) is 4.96. The van der Waals surface area contributed by atoms with Gasteiger partial charge in [0.05, 0.1) is 16.9 Å². The highest BCUT2D eigenvalue weighted by molar-refractivity contribution is 7.91. The first kappa shape index (κ1) is 19.3. The van der Waals surface area contributed by atoms with Gasteiger partial charge >= 0.3 is 0 Å². The van der Waals surface area contributed by atoms with Crippen LogP contribution < -0.4 is 5.56 Å². The van der Waals surface area contributed by atoms with Crippen molar-refractivity contribution in [3.05, 3.63) is 76.2 Å². The van der Waals surface area contributed by atoms with Crippen LogP contribution in [0, 0.1) is 0 Å². The van der Waals surface area contributed by atoms with E-state index in [4.69, 9.17) is 0 Å². The number of aryl methyl sites for hydroxylation is 1. The van der Waals surface area contributed by atoms with Gasteiger partial charge in [-0.15, -0.1) is 0 Å². The van der Waals surface area contributed by atoms with Gasteiger partial charge in [0.1, 0.15) is 0 Å². The minimum atomic E-state index is -3.18. The maximum absolute atomic E-state index is 13.6. The number of fused-ring (bicyclic) bond motifs is 1. The Labute approximate surface area is 168 Å². The summed E-state index contributed by atoms with van der Waals surface area (Å²) in [4.78, 5) is 27.6. The smallest absolute Gasteiger partial charge is 0.275 e. The number of rotatable bonds is 4. The molecule has 0 aliphatic carbocycles. The molecule has 1 amide bonds. The number of amides is 1. The van der Waals surface area contributed by atoms with E-state index in [0.29, 0.717) is 17.2 Å². The third-order valence-electron chi connectivity index (χ3n) is 5.26. The fourth-order valence-corrected chi connectivity index (χ4v) is 5.49. The second-order valence-corrected chi connectivity index (χ2v) is 9.53. The summed E-state index contributed by atoms with van der Waals surface area (Å²) in [5.41, 5.74) is 0.775. The molecule has 1 fully saturated rings. The lowest BCUT2D eigenvalue weighted by atomic mass is 10.1. The summed E-state index contributed by atoms with van der Waals surface area (Å²) in [5, 5.41) is 5.12. The van der Waals surface area contributed by atoms with E-state index < -0.39 is 15.9 Å². The summed E-state index contributed by atoms with van der Waals surface area (Å²) in [7, 11) is -1.67. The average Bonchev–Trinajstić information content (AvgIpc) is 3.08. The lowest BCUT2D eigenvalue weighted by molar-refractivity contribution is 0.0674. The number of carbonyl (C=O) groups is 1. The lowest BCUT2D eigenvalue weighted by Gasteiger charge is -2.28. The summed E-state index contributed by atoms with van der Waals surface area (Å²) >= 11 is 0. The minimum absolute atomic E-state index is 0.0602. The van der Waals surface area contributed by atoms with Crippen LogP contribution in [0.15, 0.2) is 59.4 Å². The van der Waals surface area contributed by atoms with Crippen LogP contribution in [-0.2, 0) is 23.4 Å². The van der Waals surface area contributed by atoms with Gasteiger partial charge in [-0.05, 0) is 18.1 Å². The molecule has 1 aromatic heterocycles. The molecule has 7 nitrogen and oxygen atoms in total. The first-order chi connectivity index (χ1) is 13.9. The summed E-state index contributed by atoms with van der Waals surface area (Å²) in [5.74, 6) is -0.366. The number of sulfone groups is 1. The Balaban J connectivity index is 1.81. The van der Waals surface area contributed by atoms with Crippen LogP contribution in [0.3, 0.4) is 0 Å². The zero-order valence-corrected chi connectivity index (χ0v) is 16.8. The van der Waals surface area contributed by atoms with Crippen molar-refractivity contribution >= 4 is 26.5 Å². The molecule has 1 aliphatic rings. The highest BCUT2D eigenvalue weighted by atomic mass is 32.2. The molecule has 4 rings (SSSR count). The Morgan fingerprint density at radius 1 is 1.10 bits per heavy atom. The third-order valence-corrected chi connectivity index (χ3v) is 7.02. The number of carbonyl (C=O) groups excluding carboxylic acids is 1. The number of hydrogen-bond acceptors (Lipinski definition) is 5. The molecule has 2 heterocycles. The zero-order valence-electron chi connectivity index (χ0n) is 16.0. The maximum Gasteiger partial charge on any atom is 0.275 e. The van der Waals surface area contributed by atoms with E-state index in [2.05, 4.69) is 5.10 Å². The van der Waals surface area contributed by atoms with Crippen LogP contribution in [0.4, 0.5) is 0 Å². The Morgan fingerprint density at radius 3 is 2.41 bits per heavy atom. The predicted molar refractivity (Wildman–Crippen MR) is 110 cm³/mol. The van der Waals surface area contributed by atoms with Crippen LogP contribution >= 0.6 is 0 Å². The SMILES string of the molecule is Cn1nc(C(=O)N(Cc2ccccc2)C2CCS(=O)(=O)C2)c2ccccc2c1=O. The quantitative estimate of drug-likeness (QED) is 0.653. The van der Waals surface area contributed by atoms with E-state index in [9.17, 15) is 18.0 Å². The second-order valence-electron chi connectivity index (χ2n) is 7.30. The third kappa shape index (κ3) is 3.80. The summed E-state index contributed by atoms with van der Waals surface area (Å²) in [6, 6.07) is 15.9. The Hall–Kier alpha value is -3.00. The topological polar surface area (TPSA) is 89.3 Å². The van der Waals surface area contributed by atoms with Gasteiger partial charge in [0.2, 0.25) is 0 Å². The van der Waals surface area contributed by atoms with Crippen LogP contribution in [0.5, 0.6) is 0 Å². The van der Waals surface area contributed by atoms with Gasteiger partial charge in [-0.2, -0.15) is 5.10 Å². The van der Waals surface area contributed by atoms with Gasteiger partial charge in [-0.25, -0.2) is 13.1 Å². The standard InChI is InChI=1S/C21H21N3O4S/c1-23-20(25)18-10-6-5-9-17(18)19(22-23)21(26)24(13-15-7-3-2-4-8-15)16-11-12-29(27,28)14-16/h2-10,16H,11-14H2,1H3. The summed E-state index contributed by atoms with van der Waals surface area (Å²) in [6.07, 6.45) is 0.393. The molecule has 0 spiro atoms. The molecule has 2 aromatic carbocycles. The van der Waals surface area contributed by atoms with E-state index in [1.54, 1.807) is 29.2 Å². The van der Waals surface area contributed by atoms with Crippen LogP contribution in [0.2, 0.25) is 0 Å². The Bertz CT molecular complexity index is 1240. The van der Waals surface area contributed by atoms with E-state index in [-0.39, 0.29) is 35.2 Å². The first-order valence-corrected chi connectivity index (χ1v) is 11.2. The molecule has 1 unspecified atom stereocenters. The molecule has 8 heteroatoms. The monoisotopic (exact) mass is 411 g/mol. The van der Waals surface area contributed by atoms with Crippen molar-refractivity contribution in [2.75, 3.05) is 11.5 Å². The highest BCUT2D eigenvalue weighted by Crippen LogP contribution is 2.24. The molecule has 0 bridgehead atoms. The van der Waals surface area contributed by atoms with Crippen molar-refractivity contribution in [2.45, 2.75) is 19.0 Å². The van der Waals surface area contributed by atoms with E-state index in [1.165, 1.54) is 7.05 Å². The van der Waals surface area contributed by atoms with Crippen molar-refractivity contribution in [1.82, 2.24) is 14.7 Å². The minimum Gasteiger partial charge on any atom is -0.329 e. The fourth-order valence-electron chi connectivity index (χ4n) is 3.76. The molecule has 0 N–H and O–H groups in total.